The minimum atomic E-state index is -0.646. The zero-order valence-electron chi connectivity index (χ0n) is 9.30. The Morgan fingerprint density at radius 3 is 2.19 bits per heavy atom. The summed E-state index contributed by atoms with van der Waals surface area (Å²) in [5, 5.41) is 0. The van der Waals surface area contributed by atoms with Crippen LogP contribution in [0.15, 0.2) is 12.1 Å². The maximum Gasteiger partial charge on any atom is 0.134 e. The van der Waals surface area contributed by atoms with Crippen molar-refractivity contribution in [2.24, 2.45) is 5.73 Å². The first-order chi connectivity index (χ1) is 7.10. The van der Waals surface area contributed by atoms with E-state index in [1.807, 2.05) is 6.92 Å². The van der Waals surface area contributed by atoms with E-state index in [0.29, 0.717) is 6.42 Å². The highest BCUT2D eigenvalue weighted by Gasteiger charge is 2.17. The molecular formula is C11H16ClF2NO. The first-order valence-corrected chi connectivity index (χ1v) is 4.88. The third-order valence-corrected chi connectivity index (χ3v) is 2.26. The fourth-order valence-corrected chi connectivity index (χ4v) is 1.49. The Bertz CT molecular complexity index is 324. The van der Waals surface area contributed by atoms with Crippen LogP contribution in [0.5, 0.6) is 5.75 Å². The predicted octanol–water partition coefficient (Wildman–Crippen LogP) is 3.20. The molecule has 16 heavy (non-hydrogen) atoms. The summed E-state index contributed by atoms with van der Waals surface area (Å²) >= 11 is 0. The van der Waals surface area contributed by atoms with Crippen LogP contribution in [0.1, 0.15) is 31.4 Å². The Morgan fingerprint density at radius 1 is 1.31 bits per heavy atom. The summed E-state index contributed by atoms with van der Waals surface area (Å²) in [5.74, 6) is -1.13. The number of hydrogen-bond acceptors (Lipinski definition) is 2. The molecule has 0 bridgehead atoms. The number of methoxy groups -OCH3 is 1. The minimum Gasteiger partial charge on any atom is -0.497 e. The molecule has 0 aromatic heterocycles. The molecular weight excluding hydrogens is 236 g/mol. The summed E-state index contributed by atoms with van der Waals surface area (Å²) in [4.78, 5) is 0. The van der Waals surface area contributed by atoms with E-state index in [1.54, 1.807) is 0 Å². The number of rotatable bonds is 4. The molecule has 0 aliphatic heterocycles. The van der Waals surface area contributed by atoms with Crippen LogP contribution < -0.4 is 10.5 Å². The van der Waals surface area contributed by atoms with Gasteiger partial charge in [-0.2, -0.15) is 0 Å². The first-order valence-electron chi connectivity index (χ1n) is 4.88. The maximum absolute atomic E-state index is 13.5. The van der Waals surface area contributed by atoms with Crippen LogP contribution in [0, 0.1) is 11.6 Å². The lowest BCUT2D eigenvalue weighted by molar-refractivity contribution is 0.403. The van der Waals surface area contributed by atoms with E-state index in [4.69, 9.17) is 10.5 Å². The van der Waals surface area contributed by atoms with E-state index in [2.05, 4.69) is 0 Å². The number of benzene rings is 1. The molecule has 1 aromatic rings. The van der Waals surface area contributed by atoms with Gasteiger partial charge in [0.1, 0.15) is 17.4 Å². The first kappa shape index (κ1) is 15.1. The zero-order chi connectivity index (χ0) is 11.4. The molecule has 0 aliphatic rings. The summed E-state index contributed by atoms with van der Waals surface area (Å²) in [6.45, 7) is 1.92. The molecule has 1 rings (SSSR count). The molecule has 92 valence electrons. The number of hydrogen-bond donors (Lipinski definition) is 1. The summed E-state index contributed by atoms with van der Waals surface area (Å²) in [7, 11) is 1.36. The largest absolute Gasteiger partial charge is 0.497 e. The topological polar surface area (TPSA) is 35.2 Å². The SMILES string of the molecule is CCC[C@H](N)c1c(F)cc(OC)cc1F.Cl. The van der Waals surface area contributed by atoms with E-state index in [0.717, 1.165) is 18.6 Å². The van der Waals surface area contributed by atoms with Gasteiger partial charge in [0.15, 0.2) is 0 Å². The van der Waals surface area contributed by atoms with Gasteiger partial charge in [-0.1, -0.05) is 13.3 Å². The molecule has 2 nitrogen and oxygen atoms in total. The Kier molecular flexibility index (Phi) is 6.29. The highest BCUT2D eigenvalue weighted by Crippen LogP contribution is 2.26. The smallest absolute Gasteiger partial charge is 0.134 e. The average molecular weight is 252 g/mol. The van der Waals surface area contributed by atoms with Crippen molar-refractivity contribution in [3.63, 3.8) is 0 Å². The van der Waals surface area contributed by atoms with Crippen molar-refractivity contribution in [1.82, 2.24) is 0 Å². The molecule has 0 fully saturated rings. The van der Waals surface area contributed by atoms with Gasteiger partial charge in [-0.15, -0.1) is 12.4 Å². The Balaban J connectivity index is 0.00000225. The fourth-order valence-electron chi connectivity index (χ4n) is 1.49. The quantitative estimate of drug-likeness (QED) is 0.892. The van der Waals surface area contributed by atoms with E-state index in [-0.39, 0.29) is 23.7 Å². The van der Waals surface area contributed by atoms with E-state index in [9.17, 15) is 8.78 Å². The van der Waals surface area contributed by atoms with Gasteiger partial charge in [0.25, 0.3) is 0 Å². The van der Waals surface area contributed by atoms with Crippen LogP contribution in [0.25, 0.3) is 0 Å². The molecule has 0 radical (unpaired) electrons. The molecule has 0 amide bonds. The van der Waals surface area contributed by atoms with Crippen molar-refractivity contribution in [2.45, 2.75) is 25.8 Å². The minimum absolute atomic E-state index is 0. The van der Waals surface area contributed by atoms with E-state index >= 15 is 0 Å². The predicted molar refractivity (Wildman–Crippen MR) is 62.0 cm³/mol. The standard InChI is InChI=1S/C11H15F2NO.ClH/c1-3-4-10(14)11-8(12)5-7(15-2)6-9(11)13;/h5-6,10H,3-4,14H2,1-2H3;1H/t10-;/m0./s1. The fraction of sp³-hybridized carbons (Fsp3) is 0.455. The maximum atomic E-state index is 13.5. The van der Waals surface area contributed by atoms with Crippen molar-refractivity contribution in [3.8, 4) is 5.75 Å². The van der Waals surface area contributed by atoms with Crippen LogP contribution in [-0.4, -0.2) is 7.11 Å². The van der Waals surface area contributed by atoms with E-state index < -0.39 is 17.7 Å². The monoisotopic (exact) mass is 251 g/mol. The Morgan fingerprint density at radius 2 is 1.81 bits per heavy atom. The summed E-state index contributed by atoms with van der Waals surface area (Å²) in [5.41, 5.74) is 5.62. The van der Waals surface area contributed by atoms with Crippen LogP contribution in [0.4, 0.5) is 8.78 Å². The number of ether oxygens (including phenoxy) is 1. The van der Waals surface area contributed by atoms with Crippen molar-refractivity contribution >= 4 is 12.4 Å². The van der Waals surface area contributed by atoms with Crippen molar-refractivity contribution in [2.75, 3.05) is 7.11 Å². The highest BCUT2D eigenvalue weighted by atomic mass is 35.5. The van der Waals surface area contributed by atoms with Gasteiger partial charge in [0, 0.05) is 23.7 Å². The molecule has 0 aliphatic carbocycles. The molecule has 0 unspecified atom stereocenters. The summed E-state index contributed by atoms with van der Waals surface area (Å²) in [6, 6.07) is 1.70. The summed E-state index contributed by atoms with van der Waals surface area (Å²) < 4.78 is 31.7. The Hall–Kier alpha value is -0.870. The van der Waals surface area contributed by atoms with Gasteiger partial charge in [-0.25, -0.2) is 8.78 Å². The lowest BCUT2D eigenvalue weighted by Crippen LogP contribution is -2.14. The van der Waals surface area contributed by atoms with Crippen molar-refractivity contribution in [1.29, 1.82) is 0 Å². The second-order valence-electron chi connectivity index (χ2n) is 3.40. The molecule has 0 heterocycles. The highest BCUT2D eigenvalue weighted by molar-refractivity contribution is 5.85. The van der Waals surface area contributed by atoms with Gasteiger partial charge in [-0.05, 0) is 6.42 Å². The average Bonchev–Trinajstić information content (AvgIpc) is 2.16. The normalized spacial score (nSPS) is 11.8. The third kappa shape index (κ3) is 3.32. The number of halogens is 3. The summed E-state index contributed by atoms with van der Waals surface area (Å²) in [6.07, 6.45) is 1.34. The van der Waals surface area contributed by atoms with Gasteiger partial charge >= 0.3 is 0 Å². The number of nitrogens with two attached hydrogens (primary N) is 1. The van der Waals surface area contributed by atoms with E-state index in [1.165, 1.54) is 7.11 Å². The van der Waals surface area contributed by atoms with Gasteiger partial charge < -0.3 is 10.5 Å². The molecule has 1 aromatic carbocycles. The zero-order valence-corrected chi connectivity index (χ0v) is 10.1. The Labute approximate surface area is 100 Å². The van der Waals surface area contributed by atoms with Crippen molar-refractivity contribution < 1.29 is 13.5 Å². The van der Waals surface area contributed by atoms with Gasteiger partial charge in [-0.3, -0.25) is 0 Å². The third-order valence-electron chi connectivity index (χ3n) is 2.26. The molecule has 0 spiro atoms. The lowest BCUT2D eigenvalue weighted by atomic mass is 10.0. The van der Waals surface area contributed by atoms with Crippen LogP contribution >= 0.6 is 12.4 Å². The second-order valence-corrected chi connectivity index (χ2v) is 3.40. The molecule has 2 N–H and O–H groups in total. The molecule has 0 saturated heterocycles. The van der Waals surface area contributed by atoms with Gasteiger partial charge in [0.05, 0.1) is 7.11 Å². The van der Waals surface area contributed by atoms with Crippen LogP contribution in [0.2, 0.25) is 0 Å². The van der Waals surface area contributed by atoms with Crippen LogP contribution in [-0.2, 0) is 0 Å². The molecule has 1 atom stereocenters. The van der Waals surface area contributed by atoms with Crippen LogP contribution in [0.3, 0.4) is 0 Å². The molecule has 0 saturated carbocycles. The second kappa shape index (κ2) is 6.66. The van der Waals surface area contributed by atoms with Gasteiger partial charge in [0.2, 0.25) is 0 Å². The lowest BCUT2D eigenvalue weighted by Gasteiger charge is -2.13. The molecule has 5 heteroatoms. The van der Waals surface area contributed by atoms with Crippen molar-refractivity contribution in [3.05, 3.63) is 29.3 Å².